The molecular weight excluding hydrogens is 192 g/mol. The van der Waals surface area contributed by atoms with Crippen LogP contribution in [-0.2, 0) is 14.9 Å². The van der Waals surface area contributed by atoms with Crippen LogP contribution < -0.4 is 0 Å². The summed E-state index contributed by atoms with van der Waals surface area (Å²) in [5.41, 5.74) is 0. The van der Waals surface area contributed by atoms with E-state index >= 15 is 0 Å². The Morgan fingerprint density at radius 2 is 1.64 bits per heavy atom. The van der Waals surface area contributed by atoms with Gasteiger partial charge in [-0.2, -0.15) is 21.0 Å². The first-order chi connectivity index (χ1) is 4.68. The highest BCUT2D eigenvalue weighted by atomic mass is 32.3. The minimum atomic E-state index is -3.88. The molecule has 0 aromatic heterocycles. The molecule has 1 unspecified atom stereocenters. The SMILES string of the molecule is CC(=O)O.CC(S)S(=O)(=O)O. The van der Waals surface area contributed by atoms with E-state index < -0.39 is 20.7 Å². The topological polar surface area (TPSA) is 91.7 Å². The molecule has 0 spiro atoms. The third-order valence-corrected chi connectivity index (χ3v) is 2.09. The van der Waals surface area contributed by atoms with Crippen LogP contribution in [-0.4, -0.2) is 28.6 Å². The minimum absolute atomic E-state index is 0.833. The van der Waals surface area contributed by atoms with Crippen LogP contribution in [0.2, 0.25) is 0 Å². The number of hydrogen-bond donors (Lipinski definition) is 3. The fraction of sp³-hybridized carbons (Fsp3) is 0.750. The molecule has 1 atom stereocenters. The first kappa shape index (κ1) is 13.3. The van der Waals surface area contributed by atoms with E-state index in [0.717, 1.165) is 6.92 Å². The number of carboxylic acid groups (broad SMARTS) is 1. The largest absolute Gasteiger partial charge is 0.481 e. The molecular formula is C4H10O5S2. The van der Waals surface area contributed by atoms with Gasteiger partial charge >= 0.3 is 0 Å². The maximum Gasteiger partial charge on any atom is 0.300 e. The van der Waals surface area contributed by atoms with Crippen molar-refractivity contribution >= 4 is 28.7 Å². The van der Waals surface area contributed by atoms with Crippen LogP contribution in [0.15, 0.2) is 0 Å². The predicted molar refractivity (Wildman–Crippen MR) is 43.3 cm³/mol. The van der Waals surface area contributed by atoms with Gasteiger partial charge in [0.05, 0.1) is 0 Å². The monoisotopic (exact) mass is 202 g/mol. The fourth-order valence-electron chi connectivity index (χ4n) is 0. The lowest BCUT2D eigenvalue weighted by molar-refractivity contribution is -0.134. The number of carboxylic acids is 1. The summed E-state index contributed by atoms with van der Waals surface area (Å²) in [5.74, 6) is -0.833. The Balaban J connectivity index is 0. The molecule has 0 saturated heterocycles. The molecule has 7 heteroatoms. The zero-order valence-electron chi connectivity index (χ0n) is 6.05. The highest BCUT2D eigenvalue weighted by Crippen LogP contribution is 1.99. The maximum atomic E-state index is 9.81. The molecule has 2 N–H and O–H groups in total. The van der Waals surface area contributed by atoms with Gasteiger partial charge in [-0.15, -0.1) is 0 Å². The number of hydrogen-bond acceptors (Lipinski definition) is 4. The van der Waals surface area contributed by atoms with Gasteiger partial charge in [0.15, 0.2) is 0 Å². The second-order valence-corrected chi connectivity index (χ2v) is 4.49. The molecule has 0 radical (unpaired) electrons. The summed E-state index contributed by atoms with van der Waals surface area (Å²) in [6.07, 6.45) is 0. The summed E-state index contributed by atoms with van der Waals surface area (Å²) in [6, 6.07) is 0. The van der Waals surface area contributed by atoms with Crippen molar-refractivity contribution in [2.24, 2.45) is 0 Å². The Bertz CT molecular complexity index is 201. The summed E-state index contributed by atoms with van der Waals surface area (Å²) in [7, 11) is -3.88. The van der Waals surface area contributed by atoms with E-state index in [1.165, 1.54) is 6.92 Å². The maximum absolute atomic E-state index is 9.81. The molecule has 0 aliphatic rings. The van der Waals surface area contributed by atoms with Gasteiger partial charge in [0.2, 0.25) is 0 Å². The summed E-state index contributed by atoms with van der Waals surface area (Å²) in [6.45, 7) is 2.36. The van der Waals surface area contributed by atoms with E-state index in [4.69, 9.17) is 14.5 Å². The number of rotatable bonds is 1. The third-order valence-electron chi connectivity index (χ3n) is 0.431. The van der Waals surface area contributed by atoms with Crippen molar-refractivity contribution in [3.63, 3.8) is 0 Å². The molecule has 0 fully saturated rings. The second-order valence-electron chi connectivity index (χ2n) is 1.63. The lowest BCUT2D eigenvalue weighted by Gasteiger charge is -1.93. The van der Waals surface area contributed by atoms with E-state index in [2.05, 4.69) is 12.6 Å². The van der Waals surface area contributed by atoms with Crippen molar-refractivity contribution in [3.8, 4) is 0 Å². The zero-order chi connectivity index (χ0) is 9.65. The molecule has 0 saturated carbocycles. The smallest absolute Gasteiger partial charge is 0.300 e. The van der Waals surface area contributed by atoms with E-state index in [1.807, 2.05) is 0 Å². The van der Waals surface area contributed by atoms with Crippen molar-refractivity contribution in [3.05, 3.63) is 0 Å². The summed E-state index contributed by atoms with van der Waals surface area (Å²) < 4.78 is 26.6. The minimum Gasteiger partial charge on any atom is -0.481 e. The molecule has 0 aromatic carbocycles. The number of thiol groups is 1. The first-order valence-electron chi connectivity index (χ1n) is 2.51. The average Bonchev–Trinajstić information content (AvgIpc) is 1.59. The van der Waals surface area contributed by atoms with Gasteiger partial charge in [-0.05, 0) is 6.92 Å². The van der Waals surface area contributed by atoms with Crippen LogP contribution in [0.4, 0.5) is 0 Å². The molecule has 0 aliphatic heterocycles. The van der Waals surface area contributed by atoms with Crippen LogP contribution >= 0.6 is 12.6 Å². The molecule has 68 valence electrons. The van der Waals surface area contributed by atoms with E-state index in [1.54, 1.807) is 0 Å². The summed E-state index contributed by atoms with van der Waals surface area (Å²) >= 11 is 3.44. The molecule has 5 nitrogen and oxygen atoms in total. The Morgan fingerprint density at radius 1 is 1.55 bits per heavy atom. The van der Waals surface area contributed by atoms with Crippen LogP contribution in [0.25, 0.3) is 0 Å². The molecule has 0 aromatic rings. The Morgan fingerprint density at radius 3 is 1.64 bits per heavy atom. The lowest BCUT2D eigenvalue weighted by atomic mass is 10.9. The Kier molecular flexibility index (Phi) is 6.53. The second kappa shape index (κ2) is 5.39. The van der Waals surface area contributed by atoms with E-state index in [-0.39, 0.29) is 0 Å². The highest BCUT2D eigenvalue weighted by Gasteiger charge is 2.09. The lowest BCUT2D eigenvalue weighted by Crippen LogP contribution is -2.08. The Labute approximate surface area is 70.6 Å². The summed E-state index contributed by atoms with van der Waals surface area (Å²) in [5, 5.41) is 7.42. The van der Waals surface area contributed by atoms with Gasteiger partial charge in [-0.25, -0.2) is 0 Å². The van der Waals surface area contributed by atoms with Crippen molar-refractivity contribution < 1.29 is 22.9 Å². The zero-order valence-corrected chi connectivity index (χ0v) is 7.76. The fourth-order valence-corrected chi connectivity index (χ4v) is 0. The van der Waals surface area contributed by atoms with Gasteiger partial charge in [0, 0.05) is 6.92 Å². The van der Waals surface area contributed by atoms with Crippen LogP contribution in [0.3, 0.4) is 0 Å². The molecule has 0 amide bonds. The summed E-state index contributed by atoms with van der Waals surface area (Å²) in [4.78, 5) is 9.00. The molecule has 11 heavy (non-hydrogen) atoms. The quantitative estimate of drug-likeness (QED) is 0.418. The van der Waals surface area contributed by atoms with Crippen molar-refractivity contribution in [2.45, 2.75) is 18.4 Å². The molecule has 0 heterocycles. The van der Waals surface area contributed by atoms with Gasteiger partial charge in [0.1, 0.15) is 4.58 Å². The first-order valence-corrected chi connectivity index (χ1v) is 4.53. The van der Waals surface area contributed by atoms with Crippen LogP contribution in [0, 0.1) is 0 Å². The Hall–Kier alpha value is -0.270. The number of carbonyl (C=O) groups is 1. The van der Waals surface area contributed by atoms with Gasteiger partial charge in [-0.1, -0.05) is 0 Å². The van der Waals surface area contributed by atoms with E-state index in [9.17, 15) is 8.42 Å². The van der Waals surface area contributed by atoms with Gasteiger partial charge in [0.25, 0.3) is 16.1 Å². The third kappa shape index (κ3) is 17.7. The van der Waals surface area contributed by atoms with E-state index in [0.29, 0.717) is 0 Å². The van der Waals surface area contributed by atoms with Crippen molar-refractivity contribution in [1.29, 1.82) is 0 Å². The normalized spacial score (nSPS) is 12.7. The van der Waals surface area contributed by atoms with Crippen molar-refractivity contribution in [1.82, 2.24) is 0 Å². The molecule has 0 rings (SSSR count). The van der Waals surface area contributed by atoms with Crippen LogP contribution in [0.1, 0.15) is 13.8 Å². The average molecular weight is 202 g/mol. The molecule has 0 aliphatic carbocycles. The van der Waals surface area contributed by atoms with Crippen molar-refractivity contribution in [2.75, 3.05) is 0 Å². The highest BCUT2D eigenvalue weighted by molar-refractivity contribution is 8.01. The standard InChI is InChI=1S/C2H6O3S2.C2H4O2/c1-2(6)7(3,4)5;1-2(3)4/h2,6H,1H3,(H,3,4,5);1H3,(H,3,4). The van der Waals surface area contributed by atoms with Gasteiger partial charge in [-0.3, -0.25) is 9.35 Å². The van der Waals surface area contributed by atoms with Crippen LogP contribution in [0.5, 0.6) is 0 Å². The number of aliphatic carboxylic acids is 1. The van der Waals surface area contributed by atoms with Gasteiger partial charge < -0.3 is 5.11 Å². The molecule has 0 bridgehead atoms. The predicted octanol–water partition coefficient (Wildman–Crippen LogP) is 0.241.